The van der Waals surface area contributed by atoms with Crippen LogP contribution in [-0.2, 0) is 20.9 Å². The van der Waals surface area contributed by atoms with E-state index in [9.17, 15) is 14.4 Å². The van der Waals surface area contributed by atoms with Crippen LogP contribution in [0.2, 0.25) is 0 Å². The van der Waals surface area contributed by atoms with Gasteiger partial charge < -0.3 is 19.5 Å². The normalized spacial score (nSPS) is 12.9. The molecule has 0 saturated carbocycles. The minimum atomic E-state index is -0.956. The summed E-state index contributed by atoms with van der Waals surface area (Å²) in [5.41, 5.74) is 3.30. The van der Waals surface area contributed by atoms with E-state index in [1.54, 1.807) is 12.1 Å². The molecule has 1 aliphatic rings. The van der Waals surface area contributed by atoms with Crippen LogP contribution in [0.5, 0.6) is 11.5 Å². The van der Waals surface area contributed by atoms with Crippen molar-refractivity contribution in [2.45, 2.75) is 46.3 Å². The number of amides is 1. The van der Waals surface area contributed by atoms with Gasteiger partial charge in [0.25, 0.3) is 5.91 Å². The van der Waals surface area contributed by atoms with Gasteiger partial charge in [0.2, 0.25) is 6.79 Å². The molecule has 1 N–H and O–H groups in total. The van der Waals surface area contributed by atoms with E-state index in [-0.39, 0.29) is 32.0 Å². The molecule has 1 atom stereocenters. The molecule has 3 rings (SSSR count). The predicted molar refractivity (Wildman–Crippen MR) is 109 cm³/mol. The largest absolute Gasteiger partial charge is 0.454 e. The second kappa shape index (κ2) is 9.43. The second-order valence-electron chi connectivity index (χ2n) is 7.28. The Morgan fingerprint density at radius 1 is 1.03 bits per heavy atom. The third-order valence-corrected chi connectivity index (χ3v) is 4.83. The van der Waals surface area contributed by atoms with Gasteiger partial charge in [-0.3, -0.25) is 14.4 Å². The number of carbonyl (C=O) groups is 3. The molecule has 0 fully saturated rings. The van der Waals surface area contributed by atoms with E-state index in [1.807, 2.05) is 38.1 Å². The maximum absolute atomic E-state index is 12.4. The highest BCUT2D eigenvalue weighted by molar-refractivity contribution is 5.99. The molecule has 0 saturated heterocycles. The molecule has 2 aromatic carbocycles. The summed E-state index contributed by atoms with van der Waals surface area (Å²) < 4.78 is 15.7. The first-order valence-electron chi connectivity index (χ1n) is 9.79. The fourth-order valence-electron chi connectivity index (χ4n) is 3.08. The van der Waals surface area contributed by atoms with E-state index in [4.69, 9.17) is 14.2 Å². The zero-order chi connectivity index (χ0) is 21.7. The second-order valence-corrected chi connectivity index (χ2v) is 7.28. The molecule has 7 heteroatoms. The van der Waals surface area contributed by atoms with Crippen LogP contribution in [0, 0.1) is 13.8 Å². The van der Waals surface area contributed by atoms with Crippen LogP contribution in [-0.4, -0.2) is 30.6 Å². The van der Waals surface area contributed by atoms with Crippen molar-refractivity contribution in [3.8, 4) is 11.5 Å². The lowest BCUT2D eigenvalue weighted by Gasteiger charge is -2.14. The van der Waals surface area contributed by atoms with E-state index < -0.39 is 18.0 Å². The summed E-state index contributed by atoms with van der Waals surface area (Å²) in [5, 5.41) is 2.72. The lowest BCUT2D eigenvalue weighted by molar-refractivity contribution is -0.154. The zero-order valence-corrected chi connectivity index (χ0v) is 17.3. The Morgan fingerprint density at radius 3 is 2.60 bits per heavy atom. The van der Waals surface area contributed by atoms with Gasteiger partial charge in [-0.05, 0) is 50.1 Å². The number of carbonyl (C=O) groups excluding carboxylic acids is 3. The summed E-state index contributed by atoms with van der Waals surface area (Å²) in [6.45, 7) is 5.72. The van der Waals surface area contributed by atoms with Crippen molar-refractivity contribution in [1.29, 1.82) is 0 Å². The summed E-state index contributed by atoms with van der Waals surface area (Å²) in [4.78, 5) is 36.7. The lowest BCUT2D eigenvalue weighted by Crippen LogP contribution is -2.35. The van der Waals surface area contributed by atoms with Crippen molar-refractivity contribution in [3.05, 3.63) is 58.7 Å². The van der Waals surface area contributed by atoms with Gasteiger partial charge in [-0.1, -0.05) is 23.8 Å². The van der Waals surface area contributed by atoms with Gasteiger partial charge in [0.1, 0.15) is 0 Å². The summed E-state index contributed by atoms with van der Waals surface area (Å²) in [5.74, 6) is 0.187. The monoisotopic (exact) mass is 411 g/mol. The van der Waals surface area contributed by atoms with Gasteiger partial charge >= 0.3 is 5.97 Å². The number of hydrogen-bond acceptors (Lipinski definition) is 6. The van der Waals surface area contributed by atoms with E-state index in [0.717, 1.165) is 16.7 Å². The van der Waals surface area contributed by atoms with Crippen LogP contribution in [0.25, 0.3) is 0 Å². The maximum Gasteiger partial charge on any atom is 0.307 e. The maximum atomic E-state index is 12.4. The van der Waals surface area contributed by atoms with Crippen molar-refractivity contribution >= 4 is 17.7 Å². The Balaban J connectivity index is 1.43. The molecule has 1 aliphatic heterocycles. The molecule has 0 aliphatic carbocycles. The average molecular weight is 411 g/mol. The number of aryl methyl sites for hydroxylation is 2. The molecule has 0 spiro atoms. The number of ether oxygens (including phenoxy) is 3. The highest BCUT2D eigenvalue weighted by atomic mass is 16.7. The number of benzene rings is 2. The molecule has 158 valence electrons. The van der Waals surface area contributed by atoms with E-state index in [0.29, 0.717) is 17.1 Å². The first kappa shape index (κ1) is 21.4. The van der Waals surface area contributed by atoms with Crippen LogP contribution in [0.15, 0.2) is 36.4 Å². The van der Waals surface area contributed by atoms with Crippen molar-refractivity contribution in [2.75, 3.05) is 6.79 Å². The molecule has 1 heterocycles. The molecule has 30 heavy (non-hydrogen) atoms. The Bertz CT molecular complexity index is 968. The number of rotatable bonds is 8. The number of hydrogen-bond donors (Lipinski definition) is 1. The van der Waals surface area contributed by atoms with Gasteiger partial charge in [0, 0.05) is 18.5 Å². The van der Waals surface area contributed by atoms with Crippen LogP contribution >= 0.6 is 0 Å². The number of nitrogens with one attached hydrogen (secondary N) is 1. The molecule has 7 nitrogen and oxygen atoms in total. The standard InChI is InChI=1S/C23H25NO6/c1-14-4-5-15(2)18(10-14)19(25)7-9-22(26)30-16(3)23(27)24-12-17-6-8-20-21(11-17)29-13-28-20/h4-6,8,10-11,16H,7,9,12-13H2,1-3H3,(H,24,27)/t16-/m0/s1. The van der Waals surface area contributed by atoms with E-state index in [2.05, 4.69) is 5.32 Å². The number of Topliss-reactive ketones (excluding diaryl/α,β-unsaturated/α-hetero) is 1. The van der Waals surface area contributed by atoms with Gasteiger partial charge in [0.05, 0.1) is 6.42 Å². The zero-order valence-electron chi connectivity index (χ0n) is 17.3. The number of ketones is 1. The fraction of sp³-hybridized carbons (Fsp3) is 0.348. The highest BCUT2D eigenvalue weighted by Gasteiger charge is 2.20. The smallest absolute Gasteiger partial charge is 0.307 e. The van der Waals surface area contributed by atoms with Gasteiger partial charge in [-0.2, -0.15) is 0 Å². The van der Waals surface area contributed by atoms with Crippen LogP contribution in [0.3, 0.4) is 0 Å². The van der Waals surface area contributed by atoms with Gasteiger partial charge in [0.15, 0.2) is 23.4 Å². The first-order chi connectivity index (χ1) is 14.3. The molecule has 0 bridgehead atoms. The molecule has 0 unspecified atom stereocenters. The quantitative estimate of drug-likeness (QED) is 0.530. The van der Waals surface area contributed by atoms with Crippen LogP contribution in [0.1, 0.15) is 46.8 Å². The van der Waals surface area contributed by atoms with Gasteiger partial charge in [-0.15, -0.1) is 0 Å². The van der Waals surface area contributed by atoms with E-state index >= 15 is 0 Å². The SMILES string of the molecule is Cc1ccc(C)c(C(=O)CCC(=O)O[C@@H](C)C(=O)NCc2ccc3c(c2)OCO3)c1. The molecule has 2 aromatic rings. The van der Waals surface area contributed by atoms with Gasteiger partial charge in [-0.25, -0.2) is 0 Å². The predicted octanol–water partition coefficient (Wildman–Crippen LogP) is 3.24. The summed E-state index contributed by atoms with van der Waals surface area (Å²) in [6, 6.07) is 11.0. The van der Waals surface area contributed by atoms with E-state index in [1.165, 1.54) is 6.92 Å². The fourth-order valence-corrected chi connectivity index (χ4v) is 3.08. The van der Waals surface area contributed by atoms with Crippen LogP contribution in [0.4, 0.5) is 0 Å². The van der Waals surface area contributed by atoms with Crippen molar-refractivity contribution in [2.24, 2.45) is 0 Å². The van der Waals surface area contributed by atoms with Crippen LogP contribution < -0.4 is 14.8 Å². The Kier molecular flexibility index (Phi) is 6.72. The third-order valence-electron chi connectivity index (χ3n) is 4.83. The Morgan fingerprint density at radius 2 is 1.80 bits per heavy atom. The van der Waals surface area contributed by atoms with Crippen molar-refractivity contribution in [1.82, 2.24) is 5.32 Å². The van der Waals surface area contributed by atoms with Crippen molar-refractivity contribution in [3.63, 3.8) is 0 Å². The Labute approximate surface area is 175 Å². The molecule has 1 amide bonds. The minimum absolute atomic E-state index is 0.0364. The lowest BCUT2D eigenvalue weighted by atomic mass is 9.99. The number of fused-ring (bicyclic) bond motifs is 1. The summed E-state index contributed by atoms with van der Waals surface area (Å²) in [7, 11) is 0. The summed E-state index contributed by atoms with van der Waals surface area (Å²) >= 11 is 0. The molecular weight excluding hydrogens is 386 g/mol. The molecule has 0 aromatic heterocycles. The number of esters is 1. The summed E-state index contributed by atoms with van der Waals surface area (Å²) in [6.07, 6.45) is -0.997. The first-order valence-corrected chi connectivity index (χ1v) is 9.79. The topological polar surface area (TPSA) is 90.9 Å². The minimum Gasteiger partial charge on any atom is -0.454 e. The average Bonchev–Trinajstić information content (AvgIpc) is 3.19. The van der Waals surface area contributed by atoms with Crippen molar-refractivity contribution < 1.29 is 28.6 Å². The third kappa shape index (κ3) is 5.37. The molecular formula is C23H25NO6. The highest BCUT2D eigenvalue weighted by Crippen LogP contribution is 2.32. The Hall–Kier alpha value is -3.35. The molecule has 0 radical (unpaired) electrons.